The minimum Gasteiger partial charge on any atom is -0.468 e. The molecule has 0 radical (unpaired) electrons. The second-order valence-corrected chi connectivity index (χ2v) is 4.96. The number of urea groups is 1. The van der Waals surface area contributed by atoms with E-state index in [1.54, 1.807) is 0 Å². The van der Waals surface area contributed by atoms with Crippen molar-refractivity contribution >= 4 is 12.0 Å². The maximum Gasteiger partial charge on any atom is 0.319 e. The topological polar surface area (TPSA) is 67.4 Å². The summed E-state index contributed by atoms with van der Waals surface area (Å²) in [6.07, 6.45) is 0. The first kappa shape index (κ1) is 14.1. The fraction of sp³-hybridized carbons (Fsp3) is 0.333. The molecule has 1 fully saturated rings. The van der Waals surface area contributed by atoms with Crippen LogP contribution < -0.4 is 10.6 Å². The van der Waals surface area contributed by atoms with Crippen LogP contribution in [0, 0.1) is 19.8 Å². The van der Waals surface area contributed by atoms with Crippen molar-refractivity contribution in [2.45, 2.75) is 19.9 Å². The summed E-state index contributed by atoms with van der Waals surface area (Å²) in [6.45, 7) is 7.71. The maximum absolute atomic E-state index is 12.0. The molecule has 5 nitrogen and oxygen atoms in total. The molecule has 5 heteroatoms. The van der Waals surface area contributed by atoms with Crippen molar-refractivity contribution in [3.63, 3.8) is 0 Å². The SMILES string of the molecule is C=C1NC(=O)N[C@@H](c2ccc(C)cc2C)[C@@H]1C(=O)OC. The van der Waals surface area contributed by atoms with Gasteiger partial charge in [-0.15, -0.1) is 0 Å². The molecule has 0 spiro atoms. The number of amides is 2. The van der Waals surface area contributed by atoms with Gasteiger partial charge in [-0.1, -0.05) is 30.3 Å². The predicted octanol–water partition coefficient (Wildman–Crippen LogP) is 1.96. The molecule has 0 aliphatic carbocycles. The van der Waals surface area contributed by atoms with Crippen LogP contribution in [0.2, 0.25) is 0 Å². The molecule has 2 amide bonds. The highest BCUT2D eigenvalue weighted by Crippen LogP contribution is 2.32. The van der Waals surface area contributed by atoms with Gasteiger partial charge < -0.3 is 15.4 Å². The molecule has 1 aliphatic rings. The highest BCUT2D eigenvalue weighted by atomic mass is 16.5. The quantitative estimate of drug-likeness (QED) is 0.810. The van der Waals surface area contributed by atoms with E-state index in [4.69, 9.17) is 4.74 Å². The number of benzene rings is 1. The van der Waals surface area contributed by atoms with Crippen LogP contribution in [0.5, 0.6) is 0 Å². The molecule has 2 atom stereocenters. The molecule has 1 aliphatic heterocycles. The van der Waals surface area contributed by atoms with E-state index >= 15 is 0 Å². The van der Waals surface area contributed by atoms with Gasteiger partial charge in [0.15, 0.2) is 0 Å². The molecular formula is C15H18N2O3. The van der Waals surface area contributed by atoms with Crippen molar-refractivity contribution in [1.82, 2.24) is 10.6 Å². The van der Waals surface area contributed by atoms with Gasteiger partial charge in [-0.2, -0.15) is 0 Å². The van der Waals surface area contributed by atoms with E-state index < -0.39 is 17.9 Å². The average molecular weight is 274 g/mol. The Morgan fingerprint density at radius 2 is 2.05 bits per heavy atom. The van der Waals surface area contributed by atoms with Gasteiger partial charge in [-0.05, 0) is 25.0 Å². The van der Waals surface area contributed by atoms with Gasteiger partial charge >= 0.3 is 12.0 Å². The van der Waals surface area contributed by atoms with Crippen LogP contribution in [0.3, 0.4) is 0 Å². The van der Waals surface area contributed by atoms with E-state index in [2.05, 4.69) is 17.2 Å². The Labute approximate surface area is 118 Å². The minimum absolute atomic E-state index is 0.352. The number of carbonyl (C=O) groups excluding carboxylic acids is 2. The third kappa shape index (κ3) is 2.52. The zero-order chi connectivity index (χ0) is 14.9. The summed E-state index contributed by atoms with van der Waals surface area (Å²) >= 11 is 0. The third-order valence-corrected chi connectivity index (χ3v) is 3.48. The van der Waals surface area contributed by atoms with E-state index in [0.29, 0.717) is 5.70 Å². The van der Waals surface area contributed by atoms with Gasteiger partial charge in [0.2, 0.25) is 0 Å². The Bertz CT molecular complexity index is 580. The monoisotopic (exact) mass is 274 g/mol. The lowest BCUT2D eigenvalue weighted by Crippen LogP contribution is -2.51. The molecule has 1 aromatic carbocycles. The van der Waals surface area contributed by atoms with Crippen molar-refractivity contribution < 1.29 is 14.3 Å². The summed E-state index contributed by atoms with van der Waals surface area (Å²) in [6, 6.07) is 5.06. The van der Waals surface area contributed by atoms with Crippen LogP contribution in [0.15, 0.2) is 30.5 Å². The van der Waals surface area contributed by atoms with Crippen LogP contribution in [0.1, 0.15) is 22.7 Å². The maximum atomic E-state index is 12.0. The molecule has 0 unspecified atom stereocenters. The lowest BCUT2D eigenvalue weighted by Gasteiger charge is -2.33. The van der Waals surface area contributed by atoms with Gasteiger partial charge in [-0.25, -0.2) is 4.79 Å². The number of methoxy groups -OCH3 is 1. The van der Waals surface area contributed by atoms with Crippen molar-refractivity contribution in [3.05, 3.63) is 47.2 Å². The predicted molar refractivity (Wildman–Crippen MR) is 75.0 cm³/mol. The normalized spacial score (nSPS) is 21.9. The lowest BCUT2D eigenvalue weighted by atomic mass is 9.86. The van der Waals surface area contributed by atoms with Crippen LogP contribution in [0.4, 0.5) is 4.79 Å². The zero-order valence-corrected chi connectivity index (χ0v) is 11.8. The smallest absolute Gasteiger partial charge is 0.319 e. The van der Waals surface area contributed by atoms with Crippen LogP contribution in [0.25, 0.3) is 0 Å². The summed E-state index contributed by atoms with van der Waals surface area (Å²) in [4.78, 5) is 23.6. The lowest BCUT2D eigenvalue weighted by molar-refractivity contribution is -0.145. The molecular weight excluding hydrogens is 256 g/mol. The second kappa shape index (κ2) is 5.36. The highest BCUT2D eigenvalue weighted by Gasteiger charge is 2.39. The first-order valence-electron chi connectivity index (χ1n) is 6.35. The molecule has 2 N–H and O–H groups in total. The van der Waals surface area contributed by atoms with Gasteiger partial charge in [-0.3, -0.25) is 4.79 Å². The van der Waals surface area contributed by atoms with E-state index in [-0.39, 0.29) is 6.03 Å². The summed E-state index contributed by atoms with van der Waals surface area (Å²) in [5.74, 6) is -1.06. The molecule has 1 heterocycles. The van der Waals surface area contributed by atoms with Crippen LogP contribution >= 0.6 is 0 Å². The number of ether oxygens (including phenoxy) is 1. The Kier molecular flexibility index (Phi) is 3.79. The van der Waals surface area contributed by atoms with E-state index in [1.807, 2.05) is 32.0 Å². The summed E-state index contributed by atoms with van der Waals surface area (Å²) in [7, 11) is 1.32. The number of carbonyl (C=O) groups is 2. The van der Waals surface area contributed by atoms with Crippen LogP contribution in [-0.4, -0.2) is 19.1 Å². The number of hydrogen-bond acceptors (Lipinski definition) is 3. The van der Waals surface area contributed by atoms with Gasteiger partial charge in [0, 0.05) is 5.70 Å². The molecule has 2 rings (SSSR count). The van der Waals surface area contributed by atoms with Crippen molar-refractivity contribution in [2.24, 2.45) is 5.92 Å². The second-order valence-electron chi connectivity index (χ2n) is 4.96. The van der Waals surface area contributed by atoms with Crippen LogP contribution in [-0.2, 0) is 9.53 Å². The first-order valence-corrected chi connectivity index (χ1v) is 6.35. The van der Waals surface area contributed by atoms with E-state index in [1.165, 1.54) is 7.11 Å². The van der Waals surface area contributed by atoms with Crippen molar-refractivity contribution in [3.8, 4) is 0 Å². The Balaban J connectivity index is 2.45. The number of nitrogens with one attached hydrogen (secondary N) is 2. The van der Waals surface area contributed by atoms with E-state index in [9.17, 15) is 9.59 Å². The molecule has 1 saturated heterocycles. The number of hydrogen-bond donors (Lipinski definition) is 2. The number of esters is 1. The number of aryl methyl sites for hydroxylation is 2. The molecule has 106 valence electrons. The zero-order valence-electron chi connectivity index (χ0n) is 11.8. The highest BCUT2D eigenvalue weighted by molar-refractivity contribution is 5.85. The van der Waals surface area contributed by atoms with E-state index in [0.717, 1.165) is 16.7 Å². The summed E-state index contributed by atoms with van der Waals surface area (Å²) < 4.78 is 4.82. The first-order chi connectivity index (χ1) is 9.43. The molecule has 1 aromatic rings. The Morgan fingerprint density at radius 3 is 2.65 bits per heavy atom. The molecule has 0 bridgehead atoms. The van der Waals surface area contributed by atoms with Crippen molar-refractivity contribution in [2.75, 3.05) is 7.11 Å². The fourth-order valence-electron chi connectivity index (χ4n) is 2.52. The van der Waals surface area contributed by atoms with Crippen molar-refractivity contribution in [1.29, 1.82) is 0 Å². The standard InChI is InChI=1S/C15H18N2O3/c1-8-5-6-11(9(2)7-8)13-12(14(18)20-4)10(3)16-15(19)17-13/h5-7,12-13H,3H2,1-2,4H3,(H2,16,17,19)/t12-,13+/m1/s1. The van der Waals surface area contributed by atoms with Gasteiger partial charge in [0.1, 0.15) is 5.92 Å². The van der Waals surface area contributed by atoms with Gasteiger partial charge in [0.25, 0.3) is 0 Å². The molecule has 0 aromatic heterocycles. The average Bonchev–Trinajstić information content (AvgIpc) is 2.37. The Morgan fingerprint density at radius 1 is 1.35 bits per heavy atom. The Hall–Kier alpha value is -2.30. The fourth-order valence-corrected chi connectivity index (χ4v) is 2.52. The van der Waals surface area contributed by atoms with Gasteiger partial charge in [0.05, 0.1) is 13.2 Å². The molecule has 0 saturated carbocycles. The third-order valence-electron chi connectivity index (χ3n) is 3.48. The summed E-state index contributed by atoms with van der Waals surface area (Å²) in [5, 5.41) is 5.31. The largest absolute Gasteiger partial charge is 0.468 e. The summed E-state index contributed by atoms with van der Waals surface area (Å²) in [5.41, 5.74) is 3.38. The molecule has 20 heavy (non-hydrogen) atoms. The minimum atomic E-state index is -0.640. The number of rotatable bonds is 2.